The fraction of sp³-hybridized carbons (Fsp3) is 0.462. The zero-order valence-electron chi connectivity index (χ0n) is 10.5. The average molecular weight is 253 g/mol. The van der Waals surface area contributed by atoms with Crippen LogP contribution in [0.15, 0.2) is 30.3 Å². The second-order valence-corrected chi connectivity index (χ2v) is 5.70. The van der Waals surface area contributed by atoms with Crippen molar-refractivity contribution >= 4 is 17.7 Å². The van der Waals surface area contributed by atoms with Crippen molar-refractivity contribution in [2.75, 3.05) is 5.75 Å². The average Bonchev–Trinajstić information content (AvgIpc) is 2.27. The minimum Gasteiger partial charge on any atom is -0.272 e. The van der Waals surface area contributed by atoms with Crippen molar-refractivity contribution < 1.29 is 9.63 Å². The molecular weight excluding hydrogens is 234 g/mol. The first kappa shape index (κ1) is 14.1. The zero-order chi connectivity index (χ0) is 12.7. The quantitative estimate of drug-likeness (QED) is 0.820. The third-order valence-electron chi connectivity index (χ3n) is 1.82. The third-order valence-corrected chi connectivity index (χ3v) is 2.82. The highest BCUT2D eigenvalue weighted by Crippen LogP contribution is 2.11. The van der Waals surface area contributed by atoms with E-state index in [4.69, 9.17) is 4.84 Å². The molecule has 1 amide bonds. The molecule has 0 fully saturated rings. The number of hydrogen-bond acceptors (Lipinski definition) is 3. The predicted molar refractivity (Wildman–Crippen MR) is 71.6 cm³/mol. The van der Waals surface area contributed by atoms with E-state index in [1.165, 1.54) is 5.56 Å². The molecule has 0 heterocycles. The van der Waals surface area contributed by atoms with Gasteiger partial charge in [-0.2, -0.15) is 0 Å². The summed E-state index contributed by atoms with van der Waals surface area (Å²) in [6, 6.07) is 10.1. The molecule has 0 aliphatic rings. The smallest absolute Gasteiger partial charge is 0.253 e. The van der Waals surface area contributed by atoms with Gasteiger partial charge in [0.15, 0.2) is 0 Å². The lowest BCUT2D eigenvalue weighted by atomic mass is 10.2. The van der Waals surface area contributed by atoms with E-state index in [-0.39, 0.29) is 11.5 Å². The Morgan fingerprint density at radius 3 is 2.53 bits per heavy atom. The molecule has 0 aliphatic heterocycles. The van der Waals surface area contributed by atoms with E-state index in [0.29, 0.717) is 5.75 Å². The topological polar surface area (TPSA) is 38.3 Å². The monoisotopic (exact) mass is 253 g/mol. The summed E-state index contributed by atoms with van der Waals surface area (Å²) in [6.07, 6.45) is 0. The van der Waals surface area contributed by atoms with Crippen molar-refractivity contribution in [2.24, 2.45) is 0 Å². The van der Waals surface area contributed by atoms with Gasteiger partial charge in [-0.15, -0.1) is 11.8 Å². The van der Waals surface area contributed by atoms with Crippen LogP contribution < -0.4 is 5.48 Å². The van der Waals surface area contributed by atoms with E-state index in [2.05, 4.69) is 17.6 Å². The van der Waals surface area contributed by atoms with Gasteiger partial charge in [0.1, 0.15) is 0 Å². The third kappa shape index (κ3) is 7.02. The summed E-state index contributed by atoms with van der Waals surface area (Å²) in [6.45, 7) is 5.68. The molecule has 0 unspecified atom stereocenters. The Morgan fingerprint density at radius 2 is 1.94 bits per heavy atom. The molecule has 0 spiro atoms. The number of hydrogen-bond donors (Lipinski definition) is 1. The normalized spacial score (nSPS) is 11.2. The number of hydroxylamine groups is 1. The highest BCUT2D eigenvalue weighted by Gasteiger charge is 2.12. The molecule has 17 heavy (non-hydrogen) atoms. The minimum absolute atomic E-state index is 0.0964. The van der Waals surface area contributed by atoms with Crippen LogP contribution in [0.4, 0.5) is 0 Å². The van der Waals surface area contributed by atoms with Crippen molar-refractivity contribution in [1.29, 1.82) is 0 Å². The number of nitrogens with one attached hydrogen (secondary N) is 1. The van der Waals surface area contributed by atoms with Gasteiger partial charge in [0.25, 0.3) is 5.91 Å². The lowest BCUT2D eigenvalue weighted by molar-refractivity contribution is -0.142. The van der Waals surface area contributed by atoms with Gasteiger partial charge in [-0.25, -0.2) is 5.48 Å². The van der Waals surface area contributed by atoms with Crippen LogP contribution in [-0.4, -0.2) is 17.3 Å². The Hall–Kier alpha value is -1.00. The van der Waals surface area contributed by atoms with E-state index in [1.54, 1.807) is 11.8 Å². The fourth-order valence-corrected chi connectivity index (χ4v) is 1.85. The van der Waals surface area contributed by atoms with Gasteiger partial charge in [0, 0.05) is 5.75 Å². The summed E-state index contributed by atoms with van der Waals surface area (Å²) in [7, 11) is 0. The van der Waals surface area contributed by atoms with Crippen LogP contribution in [0.2, 0.25) is 0 Å². The van der Waals surface area contributed by atoms with Crippen LogP contribution in [0, 0.1) is 0 Å². The van der Waals surface area contributed by atoms with Crippen LogP contribution in [0.1, 0.15) is 26.3 Å². The Kier molecular flexibility index (Phi) is 5.51. The first-order chi connectivity index (χ1) is 7.97. The Labute approximate surface area is 107 Å². The van der Waals surface area contributed by atoms with Gasteiger partial charge in [-0.1, -0.05) is 30.3 Å². The molecule has 0 atom stereocenters. The molecule has 1 N–H and O–H groups in total. The molecule has 3 nitrogen and oxygen atoms in total. The number of amides is 1. The second-order valence-electron chi connectivity index (χ2n) is 4.72. The first-order valence-corrected chi connectivity index (χ1v) is 6.71. The summed E-state index contributed by atoms with van der Waals surface area (Å²) >= 11 is 1.57. The Morgan fingerprint density at radius 1 is 1.29 bits per heavy atom. The SMILES string of the molecule is CC(C)(C)ONC(=O)CSCc1ccccc1. The summed E-state index contributed by atoms with van der Waals surface area (Å²) in [4.78, 5) is 16.6. The molecule has 0 bridgehead atoms. The summed E-state index contributed by atoms with van der Waals surface area (Å²) in [5.74, 6) is 1.15. The zero-order valence-corrected chi connectivity index (χ0v) is 11.3. The van der Waals surface area contributed by atoms with Crippen molar-refractivity contribution in [2.45, 2.75) is 32.1 Å². The maximum Gasteiger partial charge on any atom is 0.253 e. The van der Waals surface area contributed by atoms with Crippen LogP contribution in [-0.2, 0) is 15.4 Å². The van der Waals surface area contributed by atoms with Gasteiger partial charge in [-0.05, 0) is 26.3 Å². The van der Waals surface area contributed by atoms with Gasteiger partial charge in [-0.3, -0.25) is 9.63 Å². The van der Waals surface area contributed by atoms with Crippen LogP contribution >= 0.6 is 11.8 Å². The van der Waals surface area contributed by atoms with Crippen LogP contribution in [0.3, 0.4) is 0 Å². The molecule has 1 aromatic rings. The summed E-state index contributed by atoms with van der Waals surface area (Å²) in [5.41, 5.74) is 3.33. The Balaban J connectivity index is 2.17. The van der Waals surface area contributed by atoms with Gasteiger partial charge < -0.3 is 0 Å². The predicted octanol–water partition coefficient (Wildman–Crippen LogP) is 2.77. The van der Waals surface area contributed by atoms with Gasteiger partial charge >= 0.3 is 0 Å². The fourth-order valence-electron chi connectivity index (χ4n) is 1.08. The summed E-state index contributed by atoms with van der Waals surface area (Å²) < 4.78 is 0. The van der Waals surface area contributed by atoms with Crippen molar-refractivity contribution in [3.8, 4) is 0 Å². The van der Waals surface area contributed by atoms with Crippen molar-refractivity contribution in [3.05, 3.63) is 35.9 Å². The molecule has 1 aromatic carbocycles. The largest absolute Gasteiger partial charge is 0.272 e. The van der Waals surface area contributed by atoms with Gasteiger partial charge in [0.2, 0.25) is 0 Å². The minimum atomic E-state index is -0.347. The molecule has 94 valence electrons. The van der Waals surface area contributed by atoms with E-state index < -0.39 is 0 Å². The number of carbonyl (C=O) groups excluding carboxylic acids is 1. The van der Waals surface area contributed by atoms with Crippen LogP contribution in [0.25, 0.3) is 0 Å². The maximum atomic E-state index is 11.4. The highest BCUT2D eigenvalue weighted by molar-refractivity contribution is 7.99. The van der Waals surface area contributed by atoms with E-state index in [1.807, 2.05) is 39.0 Å². The molecule has 0 aliphatic carbocycles. The van der Waals surface area contributed by atoms with Crippen molar-refractivity contribution in [3.63, 3.8) is 0 Å². The van der Waals surface area contributed by atoms with E-state index in [9.17, 15) is 4.79 Å². The standard InChI is InChI=1S/C13H19NO2S/c1-13(2,3)16-14-12(15)10-17-9-11-7-5-4-6-8-11/h4-8H,9-10H2,1-3H3,(H,14,15). The molecule has 0 aromatic heterocycles. The maximum absolute atomic E-state index is 11.4. The Bertz CT molecular complexity index is 346. The highest BCUT2D eigenvalue weighted by atomic mass is 32.2. The molecule has 0 saturated carbocycles. The van der Waals surface area contributed by atoms with Crippen molar-refractivity contribution in [1.82, 2.24) is 5.48 Å². The number of rotatable bonds is 5. The van der Waals surface area contributed by atoms with Crippen LogP contribution in [0.5, 0.6) is 0 Å². The first-order valence-electron chi connectivity index (χ1n) is 5.56. The van der Waals surface area contributed by atoms with E-state index >= 15 is 0 Å². The molecular formula is C13H19NO2S. The number of thioether (sulfide) groups is 1. The van der Waals surface area contributed by atoms with E-state index in [0.717, 1.165) is 5.75 Å². The lowest BCUT2D eigenvalue weighted by Gasteiger charge is -2.18. The lowest BCUT2D eigenvalue weighted by Crippen LogP contribution is -2.34. The number of benzene rings is 1. The summed E-state index contributed by atoms with van der Waals surface area (Å²) in [5, 5.41) is 0. The molecule has 0 saturated heterocycles. The molecule has 1 rings (SSSR count). The van der Waals surface area contributed by atoms with Gasteiger partial charge in [0.05, 0.1) is 11.4 Å². The second kappa shape index (κ2) is 6.67. The molecule has 4 heteroatoms. The molecule has 0 radical (unpaired) electrons. The number of carbonyl (C=O) groups is 1.